The molecule has 1 atom stereocenters. The molecule has 0 aliphatic carbocycles. The smallest absolute Gasteiger partial charge is 0.228 e. The van der Waals surface area contributed by atoms with Gasteiger partial charge in [0.15, 0.2) is 0 Å². The average Bonchev–Trinajstić information content (AvgIpc) is 2.51. The maximum absolute atomic E-state index is 4.63. The van der Waals surface area contributed by atoms with Crippen molar-refractivity contribution < 1.29 is 0 Å². The second kappa shape index (κ2) is 5.96. The monoisotopic (exact) mass is 269 g/mol. The lowest BCUT2D eigenvalue weighted by atomic mass is 9.96. The second-order valence-corrected chi connectivity index (χ2v) is 5.14. The molecule has 0 spiro atoms. The third-order valence-corrected chi connectivity index (χ3v) is 3.63. The Morgan fingerprint density at radius 2 is 2.20 bits per heavy atom. The predicted molar refractivity (Wildman–Crippen MR) is 79.1 cm³/mol. The lowest BCUT2D eigenvalue weighted by molar-refractivity contribution is 0.454. The van der Waals surface area contributed by atoms with E-state index in [1.54, 1.807) is 6.20 Å². The molecule has 0 amide bonds. The average molecular weight is 269 g/mol. The van der Waals surface area contributed by atoms with E-state index in [4.69, 9.17) is 0 Å². The van der Waals surface area contributed by atoms with E-state index < -0.39 is 0 Å². The van der Waals surface area contributed by atoms with Crippen LogP contribution in [0, 0.1) is 6.92 Å². The van der Waals surface area contributed by atoms with Gasteiger partial charge in [-0.3, -0.25) is 0 Å². The molecule has 1 saturated heterocycles. The summed E-state index contributed by atoms with van der Waals surface area (Å²) < 4.78 is 0. The summed E-state index contributed by atoms with van der Waals surface area (Å²) in [6, 6.07) is 5.95. The molecule has 0 aromatic carbocycles. The largest absolute Gasteiger partial charge is 0.316 e. The van der Waals surface area contributed by atoms with Crippen LogP contribution in [0.5, 0.6) is 0 Å². The van der Waals surface area contributed by atoms with Gasteiger partial charge in [0.2, 0.25) is 5.95 Å². The molecule has 1 fully saturated rings. The number of aryl methyl sites for hydroxylation is 1. The maximum Gasteiger partial charge on any atom is 0.228 e. The van der Waals surface area contributed by atoms with E-state index >= 15 is 0 Å². The standard InChI is InChI=1S/C15H19N5/c1-11-4-2-8-17-14(11)20-15-18-9-6-13(19-15)12-5-3-7-16-10-12/h2,4,6,8-9,12,16H,3,5,7,10H2,1H3,(H,17,18,19,20). The summed E-state index contributed by atoms with van der Waals surface area (Å²) in [5.41, 5.74) is 2.18. The predicted octanol–water partition coefficient (Wildman–Crippen LogP) is 2.39. The van der Waals surface area contributed by atoms with Gasteiger partial charge in [0, 0.05) is 24.9 Å². The molecule has 104 valence electrons. The summed E-state index contributed by atoms with van der Waals surface area (Å²) in [6.45, 7) is 4.13. The van der Waals surface area contributed by atoms with Crippen LogP contribution in [-0.4, -0.2) is 28.0 Å². The lowest BCUT2D eigenvalue weighted by Gasteiger charge is -2.22. The van der Waals surface area contributed by atoms with Crippen LogP contribution in [-0.2, 0) is 0 Å². The van der Waals surface area contributed by atoms with Gasteiger partial charge in [-0.1, -0.05) is 6.07 Å². The summed E-state index contributed by atoms with van der Waals surface area (Å²) in [5.74, 6) is 1.92. The van der Waals surface area contributed by atoms with E-state index in [9.17, 15) is 0 Å². The zero-order chi connectivity index (χ0) is 13.8. The highest BCUT2D eigenvalue weighted by molar-refractivity contribution is 5.52. The molecular weight excluding hydrogens is 250 g/mol. The zero-order valence-corrected chi connectivity index (χ0v) is 11.6. The van der Waals surface area contributed by atoms with Crippen LogP contribution < -0.4 is 10.6 Å². The quantitative estimate of drug-likeness (QED) is 0.896. The summed E-state index contributed by atoms with van der Waals surface area (Å²) in [5, 5.41) is 6.62. The van der Waals surface area contributed by atoms with Gasteiger partial charge in [-0.05, 0) is 44.0 Å². The minimum atomic E-state index is 0.483. The van der Waals surface area contributed by atoms with Crippen molar-refractivity contribution >= 4 is 11.8 Å². The zero-order valence-electron chi connectivity index (χ0n) is 11.6. The molecule has 0 bridgehead atoms. The highest BCUT2D eigenvalue weighted by atomic mass is 15.1. The van der Waals surface area contributed by atoms with Gasteiger partial charge >= 0.3 is 0 Å². The first kappa shape index (κ1) is 13.0. The maximum atomic E-state index is 4.63. The highest BCUT2D eigenvalue weighted by Gasteiger charge is 2.17. The Balaban J connectivity index is 1.79. The molecule has 5 nitrogen and oxygen atoms in total. The van der Waals surface area contributed by atoms with Crippen molar-refractivity contribution in [3.63, 3.8) is 0 Å². The van der Waals surface area contributed by atoms with Crippen LogP contribution in [0.2, 0.25) is 0 Å². The molecule has 1 unspecified atom stereocenters. The van der Waals surface area contributed by atoms with Crippen LogP contribution in [0.3, 0.4) is 0 Å². The number of piperidine rings is 1. The molecule has 3 heterocycles. The summed E-state index contributed by atoms with van der Waals surface area (Å²) >= 11 is 0. The van der Waals surface area contributed by atoms with Crippen molar-refractivity contribution in [1.29, 1.82) is 0 Å². The number of hydrogen-bond donors (Lipinski definition) is 2. The number of aromatic nitrogens is 3. The number of nitrogens with zero attached hydrogens (tertiary/aromatic N) is 3. The number of hydrogen-bond acceptors (Lipinski definition) is 5. The van der Waals surface area contributed by atoms with Crippen LogP contribution in [0.25, 0.3) is 0 Å². The van der Waals surface area contributed by atoms with E-state index in [1.807, 2.05) is 31.3 Å². The molecule has 1 aliphatic rings. The van der Waals surface area contributed by atoms with Gasteiger partial charge in [0.1, 0.15) is 5.82 Å². The van der Waals surface area contributed by atoms with E-state index in [0.717, 1.165) is 30.2 Å². The Morgan fingerprint density at radius 1 is 1.25 bits per heavy atom. The Kier molecular flexibility index (Phi) is 3.87. The number of pyridine rings is 1. The first-order valence-corrected chi connectivity index (χ1v) is 7.05. The van der Waals surface area contributed by atoms with Gasteiger partial charge in [-0.15, -0.1) is 0 Å². The van der Waals surface area contributed by atoms with E-state index in [0.29, 0.717) is 11.9 Å². The molecule has 0 saturated carbocycles. The fraction of sp³-hybridized carbons (Fsp3) is 0.400. The number of anilines is 2. The van der Waals surface area contributed by atoms with Crippen molar-refractivity contribution in [3.8, 4) is 0 Å². The van der Waals surface area contributed by atoms with Crippen molar-refractivity contribution in [2.45, 2.75) is 25.7 Å². The van der Waals surface area contributed by atoms with Crippen LogP contribution in [0.4, 0.5) is 11.8 Å². The lowest BCUT2D eigenvalue weighted by Crippen LogP contribution is -2.28. The Bertz CT molecular complexity index is 578. The fourth-order valence-corrected chi connectivity index (χ4v) is 2.49. The van der Waals surface area contributed by atoms with Gasteiger partial charge in [-0.2, -0.15) is 0 Å². The minimum absolute atomic E-state index is 0.483. The van der Waals surface area contributed by atoms with Crippen LogP contribution in [0.1, 0.15) is 30.0 Å². The van der Waals surface area contributed by atoms with Gasteiger partial charge in [0.25, 0.3) is 0 Å². The van der Waals surface area contributed by atoms with Crippen LogP contribution >= 0.6 is 0 Å². The topological polar surface area (TPSA) is 62.7 Å². The molecule has 2 N–H and O–H groups in total. The Hall–Kier alpha value is -2.01. The molecule has 20 heavy (non-hydrogen) atoms. The van der Waals surface area contributed by atoms with Gasteiger partial charge < -0.3 is 10.6 Å². The van der Waals surface area contributed by atoms with Crippen LogP contribution in [0.15, 0.2) is 30.6 Å². The summed E-state index contributed by atoms with van der Waals surface area (Å²) in [4.78, 5) is 13.2. The fourth-order valence-electron chi connectivity index (χ4n) is 2.49. The van der Waals surface area contributed by atoms with Crippen molar-refractivity contribution in [1.82, 2.24) is 20.3 Å². The molecule has 2 aromatic rings. The van der Waals surface area contributed by atoms with Crippen molar-refractivity contribution in [2.75, 3.05) is 18.4 Å². The third-order valence-electron chi connectivity index (χ3n) is 3.63. The minimum Gasteiger partial charge on any atom is -0.316 e. The SMILES string of the molecule is Cc1cccnc1Nc1nccc(C2CCCNC2)n1. The first-order chi connectivity index (χ1) is 9.83. The number of rotatable bonds is 3. The normalized spacial score (nSPS) is 18.8. The molecular formula is C15H19N5. The number of nitrogens with one attached hydrogen (secondary N) is 2. The molecule has 3 rings (SSSR count). The van der Waals surface area contributed by atoms with Gasteiger partial charge in [-0.25, -0.2) is 15.0 Å². The summed E-state index contributed by atoms with van der Waals surface area (Å²) in [7, 11) is 0. The van der Waals surface area contributed by atoms with Crippen molar-refractivity contribution in [3.05, 3.63) is 41.9 Å². The second-order valence-electron chi connectivity index (χ2n) is 5.14. The molecule has 1 aliphatic heterocycles. The molecule has 0 radical (unpaired) electrons. The third kappa shape index (κ3) is 2.93. The van der Waals surface area contributed by atoms with Gasteiger partial charge in [0.05, 0.1) is 5.69 Å². The summed E-state index contributed by atoms with van der Waals surface area (Å²) in [6.07, 6.45) is 5.98. The molecule has 2 aromatic heterocycles. The Labute approximate surface area is 118 Å². The van der Waals surface area contributed by atoms with E-state index in [-0.39, 0.29) is 0 Å². The molecule has 5 heteroatoms. The Morgan fingerprint density at radius 3 is 3.00 bits per heavy atom. The van der Waals surface area contributed by atoms with E-state index in [1.165, 1.54) is 12.8 Å². The first-order valence-electron chi connectivity index (χ1n) is 7.05. The van der Waals surface area contributed by atoms with Crippen molar-refractivity contribution in [2.24, 2.45) is 0 Å². The highest BCUT2D eigenvalue weighted by Crippen LogP contribution is 2.22. The van der Waals surface area contributed by atoms with E-state index in [2.05, 4.69) is 25.6 Å².